The summed E-state index contributed by atoms with van der Waals surface area (Å²) in [6.45, 7) is 4.45. The number of nitrogens with one attached hydrogen (secondary N) is 1. The number of ketones is 1. The normalized spacial score (nSPS) is 13.1. The number of carbonyl (C=O) groups is 2. The molecule has 2 heterocycles. The van der Waals surface area contributed by atoms with Crippen LogP contribution >= 0.6 is 11.3 Å². The van der Waals surface area contributed by atoms with Crippen molar-refractivity contribution in [2.45, 2.75) is 33.2 Å². The van der Waals surface area contributed by atoms with Gasteiger partial charge in [-0.15, -0.1) is 0 Å². The van der Waals surface area contributed by atoms with Crippen LogP contribution in [0, 0.1) is 13.8 Å². The number of benzene rings is 1. The fraction of sp³-hybridized carbons (Fsp3) is 0.312. The predicted molar refractivity (Wildman–Crippen MR) is 81.7 cm³/mol. The van der Waals surface area contributed by atoms with Crippen molar-refractivity contribution >= 4 is 28.7 Å². The standard InChI is InChI=1S/C16H16N2O2S.BrH/c1-10-11(2)21-9-18(10)8-15(19)13-3-5-14-12(7-13)4-6-16(20)17-14;/h3,5,7,9H,4,6,8H2,1-2H3;1H. The number of thiazole rings is 1. The lowest BCUT2D eigenvalue weighted by molar-refractivity contribution is -0.684. The highest BCUT2D eigenvalue weighted by Crippen LogP contribution is 2.23. The van der Waals surface area contributed by atoms with Crippen molar-refractivity contribution in [1.82, 2.24) is 0 Å². The molecule has 1 aromatic heterocycles. The number of fused-ring (bicyclic) bond motifs is 1. The highest BCUT2D eigenvalue weighted by atomic mass is 79.9. The van der Waals surface area contributed by atoms with E-state index < -0.39 is 0 Å². The van der Waals surface area contributed by atoms with Crippen molar-refractivity contribution in [1.29, 1.82) is 0 Å². The summed E-state index contributed by atoms with van der Waals surface area (Å²) in [5, 5.41) is 2.83. The van der Waals surface area contributed by atoms with Gasteiger partial charge in [0, 0.05) is 24.6 Å². The molecule has 1 aliphatic rings. The third-order valence-corrected chi connectivity index (χ3v) is 4.94. The zero-order chi connectivity index (χ0) is 15.0. The minimum atomic E-state index is 0. The molecule has 4 nitrogen and oxygen atoms in total. The average molecular weight is 381 g/mol. The van der Waals surface area contributed by atoms with Crippen LogP contribution in [0.1, 0.15) is 32.9 Å². The molecule has 0 saturated heterocycles. The van der Waals surface area contributed by atoms with Gasteiger partial charge in [0.15, 0.2) is 5.69 Å². The molecule has 1 N–H and O–H groups in total. The molecule has 3 rings (SSSR count). The van der Waals surface area contributed by atoms with E-state index in [-0.39, 0.29) is 28.7 Å². The number of Topliss-reactive ketones (excluding diaryl/α,β-unsaturated/α-hetero) is 1. The van der Waals surface area contributed by atoms with Crippen molar-refractivity contribution in [3.63, 3.8) is 0 Å². The first kappa shape index (κ1) is 16.8. The van der Waals surface area contributed by atoms with Crippen molar-refractivity contribution < 1.29 is 31.1 Å². The molecule has 22 heavy (non-hydrogen) atoms. The first-order chi connectivity index (χ1) is 10.0. The molecule has 6 heteroatoms. The molecular formula is C16H17BrN2O2S. The van der Waals surface area contributed by atoms with Gasteiger partial charge < -0.3 is 22.3 Å². The Hall–Kier alpha value is -1.53. The van der Waals surface area contributed by atoms with E-state index in [9.17, 15) is 9.59 Å². The number of rotatable bonds is 3. The van der Waals surface area contributed by atoms with Gasteiger partial charge in [0.1, 0.15) is 0 Å². The van der Waals surface area contributed by atoms with Gasteiger partial charge in [-0.3, -0.25) is 9.59 Å². The van der Waals surface area contributed by atoms with Gasteiger partial charge in [0.25, 0.3) is 0 Å². The number of hydrogen-bond donors (Lipinski definition) is 1. The third kappa shape index (κ3) is 3.28. The lowest BCUT2D eigenvalue weighted by Crippen LogP contribution is -3.00. The molecule has 1 amide bonds. The van der Waals surface area contributed by atoms with E-state index in [1.54, 1.807) is 17.4 Å². The van der Waals surface area contributed by atoms with Gasteiger partial charge >= 0.3 is 0 Å². The average Bonchev–Trinajstić information content (AvgIpc) is 2.78. The molecule has 0 spiro atoms. The van der Waals surface area contributed by atoms with Gasteiger partial charge in [-0.1, -0.05) is 11.3 Å². The van der Waals surface area contributed by atoms with Crippen LogP contribution in [0.2, 0.25) is 0 Å². The Labute approximate surface area is 143 Å². The Morgan fingerprint density at radius 2 is 2.09 bits per heavy atom. The van der Waals surface area contributed by atoms with Gasteiger partial charge in [0.05, 0.1) is 4.88 Å². The lowest BCUT2D eigenvalue weighted by atomic mass is 9.99. The molecule has 0 unspecified atom stereocenters. The smallest absolute Gasteiger partial charge is 0.227 e. The van der Waals surface area contributed by atoms with E-state index in [1.165, 1.54) is 4.88 Å². The number of anilines is 1. The summed E-state index contributed by atoms with van der Waals surface area (Å²) >= 11 is 1.65. The fourth-order valence-electron chi connectivity index (χ4n) is 2.47. The second-order valence-electron chi connectivity index (χ2n) is 5.34. The van der Waals surface area contributed by atoms with Crippen molar-refractivity contribution in [3.05, 3.63) is 45.4 Å². The highest BCUT2D eigenvalue weighted by Gasteiger charge is 2.20. The molecule has 0 atom stereocenters. The second kappa shape index (κ2) is 6.71. The predicted octanol–water partition coefficient (Wildman–Crippen LogP) is -0.576. The molecule has 0 aliphatic carbocycles. The van der Waals surface area contributed by atoms with E-state index >= 15 is 0 Å². The maximum Gasteiger partial charge on any atom is 0.227 e. The minimum Gasteiger partial charge on any atom is -1.00 e. The maximum atomic E-state index is 12.4. The molecule has 0 radical (unpaired) electrons. The Morgan fingerprint density at radius 3 is 2.77 bits per heavy atom. The van der Waals surface area contributed by atoms with Crippen LogP contribution in [-0.2, 0) is 17.8 Å². The number of carbonyl (C=O) groups excluding carboxylic acids is 2. The van der Waals surface area contributed by atoms with Crippen molar-refractivity contribution in [3.8, 4) is 0 Å². The fourth-order valence-corrected chi connectivity index (χ4v) is 3.27. The second-order valence-corrected chi connectivity index (χ2v) is 6.39. The maximum absolute atomic E-state index is 12.4. The molecule has 2 aromatic rings. The number of nitrogens with zero attached hydrogens (tertiary/aromatic N) is 1. The van der Waals surface area contributed by atoms with E-state index in [0.717, 1.165) is 16.9 Å². The summed E-state index contributed by atoms with van der Waals surface area (Å²) in [6.07, 6.45) is 1.19. The SMILES string of the molecule is Cc1sc[n+](CC(=O)c2ccc3c(c2)CCC(=O)N3)c1C.[Br-]. The summed E-state index contributed by atoms with van der Waals surface area (Å²) in [4.78, 5) is 25.0. The van der Waals surface area contributed by atoms with Crippen LogP contribution in [-0.4, -0.2) is 11.7 Å². The van der Waals surface area contributed by atoms with Gasteiger partial charge in [-0.2, -0.15) is 4.57 Å². The summed E-state index contributed by atoms with van der Waals surface area (Å²) in [6, 6.07) is 5.53. The molecule has 0 saturated carbocycles. The summed E-state index contributed by atoms with van der Waals surface area (Å²) in [5.41, 5.74) is 5.71. The zero-order valence-corrected chi connectivity index (χ0v) is 14.9. The number of aromatic nitrogens is 1. The van der Waals surface area contributed by atoms with E-state index in [2.05, 4.69) is 12.2 Å². The Bertz CT molecular complexity index is 740. The molecule has 1 aromatic carbocycles. The van der Waals surface area contributed by atoms with Gasteiger partial charge in [-0.05, 0) is 37.1 Å². The van der Waals surface area contributed by atoms with Gasteiger partial charge in [0.2, 0.25) is 23.7 Å². The van der Waals surface area contributed by atoms with Crippen LogP contribution in [0.5, 0.6) is 0 Å². The monoisotopic (exact) mass is 380 g/mol. The Morgan fingerprint density at radius 1 is 1.32 bits per heavy atom. The quantitative estimate of drug-likeness (QED) is 0.572. The van der Waals surface area contributed by atoms with E-state index in [1.807, 2.05) is 29.1 Å². The number of aryl methyl sites for hydroxylation is 2. The number of halogens is 1. The van der Waals surface area contributed by atoms with E-state index in [0.29, 0.717) is 24.9 Å². The number of amides is 1. The first-order valence-corrected chi connectivity index (χ1v) is 7.82. The van der Waals surface area contributed by atoms with Crippen molar-refractivity contribution in [2.75, 3.05) is 5.32 Å². The van der Waals surface area contributed by atoms with Crippen LogP contribution < -0.4 is 26.9 Å². The zero-order valence-electron chi connectivity index (χ0n) is 12.5. The molecular weight excluding hydrogens is 364 g/mol. The molecule has 116 valence electrons. The summed E-state index contributed by atoms with van der Waals surface area (Å²) < 4.78 is 1.99. The highest BCUT2D eigenvalue weighted by molar-refractivity contribution is 7.09. The largest absolute Gasteiger partial charge is 1.00 e. The van der Waals surface area contributed by atoms with Crippen LogP contribution in [0.4, 0.5) is 5.69 Å². The Balaban J connectivity index is 0.00000176. The molecule has 0 fully saturated rings. The third-order valence-electron chi connectivity index (χ3n) is 3.93. The van der Waals surface area contributed by atoms with Crippen LogP contribution in [0.25, 0.3) is 0 Å². The Kier molecular flexibility index (Phi) is 5.13. The summed E-state index contributed by atoms with van der Waals surface area (Å²) in [7, 11) is 0. The number of hydrogen-bond acceptors (Lipinski definition) is 3. The van der Waals surface area contributed by atoms with Gasteiger partial charge in [-0.25, -0.2) is 0 Å². The van der Waals surface area contributed by atoms with Crippen molar-refractivity contribution in [2.24, 2.45) is 0 Å². The van der Waals surface area contributed by atoms with Crippen LogP contribution in [0.3, 0.4) is 0 Å². The van der Waals surface area contributed by atoms with Crippen LogP contribution in [0.15, 0.2) is 23.7 Å². The lowest BCUT2D eigenvalue weighted by Gasteiger charge is -2.16. The topological polar surface area (TPSA) is 50.0 Å². The first-order valence-electron chi connectivity index (χ1n) is 6.94. The molecule has 0 bridgehead atoms. The minimum absolute atomic E-state index is 0. The van der Waals surface area contributed by atoms with E-state index in [4.69, 9.17) is 0 Å². The summed E-state index contributed by atoms with van der Waals surface area (Å²) in [5.74, 6) is 0.141. The molecule has 1 aliphatic heterocycles.